The van der Waals surface area contributed by atoms with Gasteiger partial charge < -0.3 is 15.0 Å². The second-order valence-electron chi connectivity index (χ2n) is 3.65. The molecule has 0 aliphatic heterocycles. The highest BCUT2D eigenvalue weighted by Crippen LogP contribution is 2.13. The largest absolute Gasteiger partial charge is 0.456 e. The van der Waals surface area contributed by atoms with Crippen molar-refractivity contribution in [2.75, 3.05) is 5.73 Å². The number of nitrogen functional groups attached to an aromatic ring is 1. The lowest BCUT2D eigenvalue weighted by molar-refractivity contribution is 0.0460. The van der Waals surface area contributed by atoms with Crippen LogP contribution in [0, 0.1) is 0 Å². The first-order valence-corrected chi connectivity index (χ1v) is 6.29. The van der Waals surface area contributed by atoms with Crippen molar-refractivity contribution >= 4 is 23.0 Å². The number of carbonyl (C=O) groups is 1. The van der Waals surface area contributed by atoms with E-state index in [1.165, 1.54) is 0 Å². The molecule has 2 N–H and O–H groups in total. The van der Waals surface area contributed by atoms with Crippen LogP contribution in [0.1, 0.15) is 23.0 Å². The zero-order chi connectivity index (χ0) is 12.3. The zero-order valence-electron chi connectivity index (χ0n) is 9.55. The Morgan fingerprint density at radius 2 is 2.41 bits per heavy atom. The number of aromatic nitrogens is 1. The van der Waals surface area contributed by atoms with Gasteiger partial charge in [0.05, 0.1) is 5.69 Å². The van der Waals surface area contributed by atoms with Crippen LogP contribution >= 0.6 is 11.3 Å². The van der Waals surface area contributed by atoms with Crippen LogP contribution in [0.3, 0.4) is 0 Å². The van der Waals surface area contributed by atoms with E-state index in [-0.39, 0.29) is 5.97 Å². The van der Waals surface area contributed by atoms with Crippen LogP contribution in [0.2, 0.25) is 0 Å². The molecule has 2 aromatic heterocycles. The average Bonchev–Trinajstić information content (AvgIpc) is 2.94. The maximum absolute atomic E-state index is 11.8. The van der Waals surface area contributed by atoms with Gasteiger partial charge in [0.25, 0.3) is 0 Å². The Labute approximate surface area is 104 Å². The first kappa shape index (κ1) is 11.7. The molecule has 0 radical (unpaired) electrons. The summed E-state index contributed by atoms with van der Waals surface area (Å²) in [6.45, 7) is 2.95. The minimum atomic E-state index is -0.338. The first-order valence-electron chi connectivity index (χ1n) is 5.34. The number of esters is 1. The quantitative estimate of drug-likeness (QED) is 0.848. The Bertz CT molecular complexity index is 503. The predicted molar refractivity (Wildman–Crippen MR) is 68.0 cm³/mol. The van der Waals surface area contributed by atoms with E-state index in [0.717, 1.165) is 5.56 Å². The van der Waals surface area contributed by atoms with Gasteiger partial charge >= 0.3 is 5.97 Å². The van der Waals surface area contributed by atoms with Crippen LogP contribution in [-0.4, -0.2) is 10.5 Å². The van der Waals surface area contributed by atoms with Crippen molar-refractivity contribution < 1.29 is 9.53 Å². The molecule has 0 saturated carbocycles. The van der Waals surface area contributed by atoms with Crippen LogP contribution in [0.4, 0.5) is 5.69 Å². The Morgan fingerprint density at radius 3 is 3.06 bits per heavy atom. The number of rotatable bonds is 4. The summed E-state index contributed by atoms with van der Waals surface area (Å²) in [4.78, 5) is 11.8. The first-order chi connectivity index (χ1) is 8.20. The lowest BCUT2D eigenvalue weighted by Crippen LogP contribution is -2.10. The molecule has 0 aliphatic rings. The lowest BCUT2D eigenvalue weighted by atomic mass is 10.3. The van der Waals surface area contributed by atoms with Crippen LogP contribution in [0.15, 0.2) is 29.1 Å². The minimum absolute atomic E-state index is 0.303. The third kappa shape index (κ3) is 2.68. The molecular formula is C12H14N2O2S. The molecule has 0 aromatic carbocycles. The number of hydrogen-bond donors (Lipinski definition) is 1. The molecule has 5 heteroatoms. The normalized spacial score (nSPS) is 10.4. The van der Waals surface area contributed by atoms with Crippen molar-refractivity contribution in [1.29, 1.82) is 0 Å². The molecule has 0 aliphatic carbocycles. The lowest BCUT2D eigenvalue weighted by Gasteiger charge is -2.06. The fourth-order valence-electron chi connectivity index (χ4n) is 1.56. The highest BCUT2D eigenvalue weighted by Gasteiger charge is 2.13. The molecule has 2 heterocycles. The van der Waals surface area contributed by atoms with E-state index in [1.54, 1.807) is 28.2 Å². The maximum Gasteiger partial charge on any atom is 0.355 e. The van der Waals surface area contributed by atoms with Crippen molar-refractivity contribution in [3.05, 3.63) is 40.3 Å². The molecule has 0 amide bonds. The number of carbonyl (C=O) groups excluding carboxylic acids is 1. The average molecular weight is 250 g/mol. The van der Waals surface area contributed by atoms with Crippen molar-refractivity contribution in [2.45, 2.75) is 20.1 Å². The summed E-state index contributed by atoms with van der Waals surface area (Å²) in [5.41, 5.74) is 7.74. The SMILES string of the molecule is CCn1cc(N)cc1C(=O)OCc1ccsc1. The molecule has 90 valence electrons. The second-order valence-corrected chi connectivity index (χ2v) is 4.43. The second kappa shape index (κ2) is 5.05. The monoisotopic (exact) mass is 250 g/mol. The summed E-state index contributed by atoms with van der Waals surface area (Å²) in [5, 5.41) is 3.91. The summed E-state index contributed by atoms with van der Waals surface area (Å²) < 4.78 is 7.00. The van der Waals surface area contributed by atoms with Gasteiger partial charge in [0.2, 0.25) is 0 Å². The summed E-state index contributed by atoms with van der Waals surface area (Å²) >= 11 is 1.58. The Kier molecular flexibility index (Phi) is 3.49. The van der Waals surface area contributed by atoms with Crippen molar-refractivity contribution in [2.24, 2.45) is 0 Å². The Balaban J connectivity index is 2.04. The van der Waals surface area contributed by atoms with Crippen LogP contribution < -0.4 is 5.73 Å². The van der Waals surface area contributed by atoms with Gasteiger partial charge in [-0.25, -0.2) is 4.79 Å². The molecule has 0 fully saturated rings. The van der Waals surface area contributed by atoms with Gasteiger partial charge in [-0.1, -0.05) is 0 Å². The van der Waals surface area contributed by atoms with Gasteiger partial charge in [0, 0.05) is 18.3 Å². The smallest absolute Gasteiger partial charge is 0.355 e. The fraction of sp³-hybridized carbons (Fsp3) is 0.250. The summed E-state index contributed by atoms with van der Waals surface area (Å²) in [5.74, 6) is -0.338. The van der Waals surface area contributed by atoms with Gasteiger partial charge in [-0.15, -0.1) is 0 Å². The molecular weight excluding hydrogens is 236 g/mol. The third-order valence-electron chi connectivity index (χ3n) is 2.42. The van der Waals surface area contributed by atoms with Crippen molar-refractivity contribution in [1.82, 2.24) is 4.57 Å². The summed E-state index contributed by atoms with van der Waals surface area (Å²) in [7, 11) is 0. The van der Waals surface area contributed by atoms with Crippen molar-refractivity contribution in [3.63, 3.8) is 0 Å². The van der Waals surface area contributed by atoms with E-state index in [4.69, 9.17) is 10.5 Å². The highest BCUT2D eigenvalue weighted by atomic mass is 32.1. The van der Waals surface area contributed by atoms with Gasteiger partial charge in [0.15, 0.2) is 0 Å². The Morgan fingerprint density at radius 1 is 1.59 bits per heavy atom. The minimum Gasteiger partial charge on any atom is -0.456 e. The van der Waals surface area contributed by atoms with E-state index in [9.17, 15) is 4.79 Å². The van der Waals surface area contributed by atoms with Gasteiger partial charge in [-0.2, -0.15) is 11.3 Å². The van der Waals surface area contributed by atoms with E-state index < -0.39 is 0 Å². The number of ether oxygens (including phenoxy) is 1. The third-order valence-corrected chi connectivity index (χ3v) is 3.15. The number of nitrogens with zero attached hydrogens (tertiary/aromatic N) is 1. The molecule has 0 atom stereocenters. The van der Waals surface area contributed by atoms with Crippen LogP contribution in [-0.2, 0) is 17.9 Å². The summed E-state index contributed by atoms with van der Waals surface area (Å²) in [6.07, 6.45) is 1.74. The predicted octanol–water partition coefficient (Wildman–Crippen LogP) is 2.51. The Hall–Kier alpha value is -1.75. The molecule has 0 saturated heterocycles. The number of anilines is 1. The zero-order valence-corrected chi connectivity index (χ0v) is 10.4. The molecule has 0 spiro atoms. The van der Waals surface area contributed by atoms with Gasteiger partial charge in [0.1, 0.15) is 12.3 Å². The van der Waals surface area contributed by atoms with E-state index in [0.29, 0.717) is 24.5 Å². The number of nitrogens with two attached hydrogens (primary N) is 1. The van der Waals surface area contributed by atoms with Gasteiger partial charge in [-0.05, 0) is 29.8 Å². The number of thiophene rings is 1. The molecule has 4 nitrogen and oxygen atoms in total. The molecule has 0 bridgehead atoms. The summed E-state index contributed by atoms with van der Waals surface area (Å²) in [6, 6.07) is 3.57. The fourth-order valence-corrected chi connectivity index (χ4v) is 2.22. The molecule has 17 heavy (non-hydrogen) atoms. The maximum atomic E-state index is 11.8. The van der Waals surface area contributed by atoms with Gasteiger partial charge in [-0.3, -0.25) is 0 Å². The van der Waals surface area contributed by atoms with Crippen LogP contribution in [0.25, 0.3) is 0 Å². The molecule has 2 rings (SSSR count). The molecule has 2 aromatic rings. The topological polar surface area (TPSA) is 57.2 Å². The van der Waals surface area contributed by atoms with E-state index in [1.807, 2.05) is 23.8 Å². The van der Waals surface area contributed by atoms with E-state index in [2.05, 4.69) is 0 Å². The highest BCUT2D eigenvalue weighted by molar-refractivity contribution is 7.07. The number of hydrogen-bond acceptors (Lipinski definition) is 4. The molecule has 0 unspecified atom stereocenters. The number of aryl methyl sites for hydroxylation is 1. The standard InChI is InChI=1S/C12H14N2O2S/c1-2-14-6-10(13)5-11(14)12(15)16-7-9-3-4-17-8-9/h3-6,8H,2,7,13H2,1H3. The van der Waals surface area contributed by atoms with Crippen LogP contribution in [0.5, 0.6) is 0 Å². The van der Waals surface area contributed by atoms with Crippen molar-refractivity contribution in [3.8, 4) is 0 Å². The van der Waals surface area contributed by atoms with E-state index >= 15 is 0 Å².